The molecule has 0 aliphatic carbocycles. The fraction of sp³-hybridized carbons (Fsp3) is 0.333. The Morgan fingerprint density at radius 2 is 1.70 bits per heavy atom. The molecule has 1 saturated heterocycles. The molecule has 1 aliphatic rings. The van der Waals surface area contributed by atoms with Crippen LogP contribution in [0.5, 0.6) is 0 Å². The van der Waals surface area contributed by atoms with E-state index >= 15 is 0 Å². The number of urea groups is 1. The number of amides is 3. The van der Waals surface area contributed by atoms with Gasteiger partial charge in [-0.15, -0.1) is 0 Å². The van der Waals surface area contributed by atoms with Crippen LogP contribution in [0.15, 0.2) is 71.9 Å². The van der Waals surface area contributed by atoms with E-state index in [1.165, 1.54) is 11.8 Å². The number of halogens is 1. The number of carbonyl (C=O) groups is 2. The lowest BCUT2D eigenvalue weighted by molar-refractivity contribution is -0.119. The minimum Gasteiger partial charge on any atom is -0.353 e. The molecule has 2 N–H and O–H groups in total. The first-order valence-corrected chi connectivity index (χ1v) is 13.7. The van der Waals surface area contributed by atoms with Gasteiger partial charge in [0.25, 0.3) is 0 Å². The Balaban J connectivity index is 1.40. The predicted octanol–water partition coefficient (Wildman–Crippen LogP) is 4.37. The Bertz CT molecular complexity index is 1160. The Morgan fingerprint density at radius 1 is 1.05 bits per heavy atom. The molecule has 1 atom stereocenters. The molecule has 0 bridgehead atoms. The van der Waals surface area contributed by atoms with E-state index in [9.17, 15) is 9.59 Å². The number of thioether (sulfide) groups is 1. The lowest BCUT2D eigenvalue weighted by Gasteiger charge is -2.40. The van der Waals surface area contributed by atoms with E-state index in [1.807, 2.05) is 79.4 Å². The summed E-state index contributed by atoms with van der Waals surface area (Å²) in [4.78, 5) is 38.1. The van der Waals surface area contributed by atoms with Crippen molar-refractivity contribution in [2.75, 3.05) is 36.8 Å². The zero-order chi connectivity index (χ0) is 26.2. The van der Waals surface area contributed by atoms with Gasteiger partial charge in [-0.3, -0.25) is 4.79 Å². The molecule has 0 spiro atoms. The number of carbonyl (C=O) groups excluding carboxylic acids is 2. The highest BCUT2D eigenvalue weighted by Gasteiger charge is 2.28. The molecule has 10 heteroatoms. The van der Waals surface area contributed by atoms with Gasteiger partial charge >= 0.3 is 6.03 Å². The maximum Gasteiger partial charge on any atom is 0.317 e. The topological polar surface area (TPSA) is 90.5 Å². The van der Waals surface area contributed by atoms with Crippen LogP contribution in [0.4, 0.5) is 10.6 Å². The average Bonchev–Trinajstić information content (AvgIpc) is 2.91. The molecule has 0 unspecified atom stereocenters. The Kier molecular flexibility index (Phi) is 9.24. The summed E-state index contributed by atoms with van der Waals surface area (Å²) in [5.41, 5.74) is 2.02. The zero-order valence-electron chi connectivity index (χ0n) is 20.9. The number of benzene rings is 2. The lowest BCUT2D eigenvalue weighted by Crippen LogP contribution is -2.56. The molecule has 1 fully saturated rings. The Hall–Kier alpha value is -3.30. The first-order valence-electron chi connectivity index (χ1n) is 12.3. The van der Waals surface area contributed by atoms with Gasteiger partial charge in [0.1, 0.15) is 11.0 Å². The maximum atomic E-state index is 13.0. The van der Waals surface area contributed by atoms with Crippen molar-refractivity contribution in [3.63, 3.8) is 0 Å². The molecule has 4 rings (SSSR count). The van der Waals surface area contributed by atoms with Gasteiger partial charge in [-0.25, -0.2) is 14.8 Å². The summed E-state index contributed by atoms with van der Waals surface area (Å²) >= 11 is 7.57. The predicted molar refractivity (Wildman–Crippen MR) is 148 cm³/mol. The SMILES string of the molecule is CCNC(=O)N1CCN(c2cc(Cl)nc(SCC(=O)NC(c3ccccc3)c3ccccc3)n2)C[C@H]1C. The van der Waals surface area contributed by atoms with Gasteiger partial charge in [-0.1, -0.05) is 84.0 Å². The van der Waals surface area contributed by atoms with Crippen LogP contribution in [0.1, 0.15) is 31.0 Å². The minimum atomic E-state index is -0.256. The molecule has 1 aliphatic heterocycles. The highest BCUT2D eigenvalue weighted by Crippen LogP contribution is 2.25. The minimum absolute atomic E-state index is 0.0174. The highest BCUT2D eigenvalue weighted by molar-refractivity contribution is 7.99. The number of nitrogens with one attached hydrogen (secondary N) is 2. The number of aromatic nitrogens is 2. The summed E-state index contributed by atoms with van der Waals surface area (Å²) in [5.74, 6) is 0.714. The van der Waals surface area contributed by atoms with Gasteiger partial charge in [0, 0.05) is 38.3 Å². The number of nitrogens with zero attached hydrogens (tertiary/aromatic N) is 4. The van der Waals surface area contributed by atoms with E-state index in [2.05, 4.69) is 25.5 Å². The van der Waals surface area contributed by atoms with Crippen molar-refractivity contribution in [2.45, 2.75) is 31.1 Å². The van der Waals surface area contributed by atoms with E-state index in [4.69, 9.17) is 11.6 Å². The normalized spacial score (nSPS) is 15.5. The van der Waals surface area contributed by atoms with Gasteiger partial charge in [-0.2, -0.15) is 0 Å². The quantitative estimate of drug-likeness (QED) is 0.251. The van der Waals surface area contributed by atoms with Crippen molar-refractivity contribution in [1.82, 2.24) is 25.5 Å². The molecule has 2 aromatic carbocycles. The van der Waals surface area contributed by atoms with E-state index in [-0.39, 0.29) is 29.8 Å². The van der Waals surface area contributed by atoms with Crippen molar-refractivity contribution in [1.29, 1.82) is 0 Å². The smallest absolute Gasteiger partial charge is 0.317 e. The lowest BCUT2D eigenvalue weighted by atomic mass is 9.99. The molecule has 3 aromatic rings. The molecule has 0 radical (unpaired) electrons. The van der Waals surface area contributed by atoms with E-state index in [0.717, 1.165) is 11.1 Å². The van der Waals surface area contributed by atoms with Crippen molar-refractivity contribution >= 4 is 41.1 Å². The fourth-order valence-corrected chi connectivity index (χ4v) is 5.21. The first-order chi connectivity index (χ1) is 17.9. The van der Waals surface area contributed by atoms with Crippen molar-refractivity contribution < 1.29 is 9.59 Å². The third-order valence-electron chi connectivity index (χ3n) is 6.10. The molecule has 3 amide bonds. The van der Waals surface area contributed by atoms with Crippen LogP contribution in [0.2, 0.25) is 5.15 Å². The second-order valence-corrected chi connectivity index (χ2v) is 10.1. The highest BCUT2D eigenvalue weighted by atomic mass is 35.5. The molecular weight excluding hydrogens is 508 g/mol. The summed E-state index contributed by atoms with van der Waals surface area (Å²) in [6, 6.07) is 21.2. The van der Waals surface area contributed by atoms with Gasteiger partial charge < -0.3 is 20.4 Å². The first kappa shape index (κ1) is 26.8. The summed E-state index contributed by atoms with van der Waals surface area (Å²) in [6.07, 6.45) is 0. The van der Waals surface area contributed by atoms with Crippen LogP contribution in [0.25, 0.3) is 0 Å². The van der Waals surface area contributed by atoms with Crippen molar-refractivity contribution in [3.8, 4) is 0 Å². The zero-order valence-corrected chi connectivity index (χ0v) is 22.5. The van der Waals surface area contributed by atoms with Gasteiger partial charge in [0.05, 0.1) is 11.8 Å². The second kappa shape index (κ2) is 12.8. The number of hydrogen-bond donors (Lipinski definition) is 2. The van der Waals surface area contributed by atoms with Crippen LogP contribution in [-0.4, -0.2) is 64.8 Å². The number of piperazine rings is 1. The molecule has 37 heavy (non-hydrogen) atoms. The Morgan fingerprint density at radius 3 is 2.30 bits per heavy atom. The monoisotopic (exact) mass is 538 g/mol. The summed E-state index contributed by atoms with van der Waals surface area (Å²) in [5, 5.41) is 6.76. The van der Waals surface area contributed by atoms with E-state index in [0.29, 0.717) is 42.3 Å². The van der Waals surface area contributed by atoms with Gasteiger partial charge in [-0.05, 0) is 25.0 Å². The third-order valence-corrected chi connectivity index (χ3v) is 7.15. The average molecular weight is 539 g/mol. The second-order valence-electron chi connectivity index (χ2n) is 8.77. The fourth-order valence-electron chi connectivity index (χ4n) is 4.32. The summed E-state index contributed by atoms with van der Waals surface area (Å²) in [7, 11) is 0. The van der Waals surface area contributed by atoms with Crippen LogP contribution in [-0.2, 0) is 4.79 Å². The number of rotatable bonds is 8. The van der Waals surface area contributed by atoms with E-state index < -0.39 is 0 Å². The molecule has 1 aromatic heterocycles. The molecule has 2 heterocycles. The van der Waals surface area contributed by atoms with Crippen LogP contribution >= 0.6 is 23.4 Å². The van der Waals surface area contributed by atoms with Gasteiger partial charge in [0.2, 0.25) is 5.91 Å². The Labute approximate surface area is 226 Å². The molecular formula is C27H31ClN6O2S. The van der Waals surface area contributed by atoms with Crippen LogP contribution in [0, 0.1) is 0 Å². The largest absolute Gasteiger partial charge is 0.353 e. The standard InChI is InChI=1S/C27H31ClN6O2S/c1-3-29-27(36)34-15-14-33(17-19(34)2)23-16-22(28)30-26(31-23)37-18-24(35)32-25(20-10-6-4-7-11-20)21-12-8-5-9-13-21/h4-13,16,19,25H,3,14-15,17-18H2,1-2H3,(H,29,36)(H,32,35)/t19-/m1/s1. The number of hydrogen-bond acceptors (Lipinski definition) is 6. The maximum absolute atomic E-state index is 13.0. The van der Waals surface area contributed by atoms with E-state index in [1.54, 1.807) is 6.07 Å². The van der Waals surface area contributed by atoms with Crippen molar-refractivity contribution in [3.05, 3.63) is 83.0 Å². The third kappa shape index (κ3) is 7.14. The van der Waals surface area contributed by atoms with Crippen LogP contribution < -0.4 is 15.5 Å². The molecule has 0 saturated carbocycles. The molecule has 194 valence electrons. The summed E-state index contributed by atoms with van der Waals surface area (Å²) < 4.78 is 0. The van der Waals surface area contributed by atoms with Crippen LogP contribution in [0.3, 0.4) is 0 Å². The van der Waals surface area contributed by atoms with Gasteiger partial charge in [0.15, 0.2) is 5.16 Å². The summed E-state index contributed by atoms with van der Waals surface area (Å²) in [6.45, 7) is 6.36. The molecule has 8 nitrogen and oxygen atoms in total. The number of anilines is 1. The van der Waals surface area contributed by atoms with Crippen molar-refractivity contribution in [2.24, 2.45) is 0 Å².